The summed E-state index contributed by atoms with van der Waals surface area (Å²) in [6.07, 6.45) is -4.52. The molecule has 1 aliphatic heterocycles. The standard InChI is InChI=1S/C10H13F3O4/c1-7-9(2,17-8(14)16-7)15-6-4-3-5-10(11,12)13/h3-4,7H,5-6H2,1-2H3/b4-3-. The molecule has 4 nitrogen and oxygen atoms in total. The van der Waals surface area contributed by atoms with Gasteiger partial charge in [0.2, 0.25) is 0 Å². The number of cyclic esters (lactones) is 2. The van der Waals surface area contributed by atoms with Crippen molar-refractivity contribution in [2.75, 3.05) is 6.61 Å². The highest BCUT2D eigenvalue weighted by Crippen LogP contribution is 2.27. The van der Waals surface area contributed by atoms with Crippen molar-refractivity contribution in [2.45, 2.75) is 38.3 Å². The van der Waals surface area contributed by atoms with Crippen molar-refractivity contribution in [1.82, 2.24) is 0 Å². The molecule has 0 aromatic heterocycles. The predicted octanol–water partition coefficient (Wildman–Crippen LogP) is 2.78. The van der Waals surface area contributed by atoms with Gasteiger partial charge in [0, 0.05) is 6.92 Å². The summed E-state index contributed by atoms with van der Waals surface area (Å²) in [5, 5.41) is 0. The van der Waals surface area contributed by atoms with Crippen LogP contribution in [0.25, 0.3) is 0 Å². The fraction of sp³-hybridized carbons (Fsp3) is 0.700. The fourth-order valence-corrected chi connectivity index (χ4v) is 1.17. The summed E-state index contributed by atoms with van der Waals surface area (Å²) in [5.41, 5.74) is 0. The van der Waals surface area contributed by atoms with Gasteiger partial charge < -0.3 is 14.2 Å². The van der Waals surface area contributed by atoms with Gasteiger partial charge in [0.25, 0.3) is 5.79 Å². The van der Waals surface area contributed by atoms with Crippen LogP contribution in [0.1, 0.15) is 20.3 Å². The third-order valence-corrected chi connectivity index (χ3v) is 2.28. The van der Waals surface area contributed by atoms with Crippen LogP contribution in [0.4, 0.5) is 18.0 Å². The first-order valence-corrected chi connectivity index (χ1v) is 4.98. The Morgan fingerprint density at radius 1 is 1.47 bits per heavy atom. The van der Waals surface area contributed by atoms with Crippen LogP contribution in [-0.4, -0.2) is 30.8 Å². The summed E-state index contributed by atoms with van der Waals surface area (Å²) < 4.78 is 50.0. The molecule has 1 saturated heterocycles. The second-order valence-corrected chi connectivity index (χ2v) is 3.73. The van der Waals surface area contributed by atoms with Gasteiger partial charge in [0.05, 0.1) is 13.0 Å². The largest absolute Gasteiger partial charge is 0.511 e. The summed E-state index contributed by atoms with van der Waals surface area (Å²) in [7, 11) is 0. The lowest BCUT2D eigenvalue weighted by Gasteiger charge is -2.23. The van der Waals surface area contributed by atoms with Gasteiger partial charge >= 0.3 is 12.3 Å². The molecule has 17 heavy (non-hydrogen) atoms. The van der Waals surface area contributed by atoms with E-state index >= 15 is 0 Å². The van der Waals surface area contributed by atoms with Crippen LogP contribution < -0.4 is 0 Å². The van der Waals surface area contributed by atoms with Gasteiger partial charge in [-0.2, -0.15) is 13.2 Å². The second-order valence-electron chi connectivity index (χ2n) is 3.73. The third kappa shape index (κ3) is 4.26. The molecule has 1 fully saturated rings. The van der Waals surface area contributed by atoms with Crippen molar-refractivity contribution in [1.29, 1.82) is 0 Å². The highest BCUT2D eigenvalue weighted by Gasteiger charge is 2.46. The summed E-state index contributed by atoms with van der Waals surface area (Å²) in [6.45, 7) is 2.97. The monoisotopic (exact) mass is 254 g/mol. The zero-order valence-electron chi connectivity index (χ0n) is 9.41. The van der Waals surface area contributed by atoms with Crippen LogP contribution in [-0.2, 0) is 14.2 Å². The van der Waals surface area contributed by atoms with Crippen molar-refractivity contribution in [2.24, 2.45) is 0 Å². The molecule has 1 rings (SSSR count). The lowest BCUT2D eigenvalue weighted by molar-refractivity contribution is -0.179. The van der Waals surface area contributed by atoms with E-state index in [0.29, 0.717) is 0 Å². The van der Waals surface area contributed by atoms with Gasteiger partial charge in [-0.15, -0.1) is 0 Å². The van der Waals surface area contributed by atoms with E-state index in [-0.39, 0.29) is 6.61 Å². The maximum Gasteiger partial charge on any atom is 0.511 e. The van der Waals surface area contributed by atoms with Crippen LogP contribution in [0.2, 0.25) is 0 Å². The fourth-order valence-electron chi connectivity index (χ4n) is 1.17. The number of halogens is 3. The maximum absolute atomic E-state index is 11.8. The predicted molar refractivity (Wildman–Crippen MR) is 51.2 cm³/mol. The minimum absolute atomic E-state index is 0.0897. The van der Waals surface area contributed by atoms with Gasteiger partial charge in [-0.05, 0) is 6.92 Å². The molecule has 1 aliphatic rings. The van der Waals surface area contributed by atoms with Gasteiger partial charge in [-0.25, -0.2) is 4.79 Å². The van der Waals surface area contributed by atoms with E-state index in [0.717, 1.165) is 6.08 Å². The Bertz CT molecular complexity index is 313. The Balaban J connectivity index is 2.34. The van der Waals surface area contributed by atoms with Crippen LogP contribution >= 0.6 is 0 Å². The molecule has 7 heteroatoms. The Morgan fingerprint density at radius 2 is 2.12 bits per heavy atom. The molecule has 0 N–H and O–H groups in total. The smallest absolute Gasteiger partial charge is 0.424 e. The first-order chi connectivity index (χ1) is 7.73. The van der Waals surface area contributed by atoms with E-state index in [4.69, 9.17) is 14.2 Å². The number of alkyl halides is 3. The van der Waals surface area contributed by atoms with Crippen molar-refractivity contribution >= 4 is 6.16 Å². The highest BCUT2D eigenvalue weighted by molar-refractivity contribution is 5.62. The molecule has 0 radical (unpaired) electrons. The Hall–Kier alpha value is -1.24. The minimum atomic E-state index is -4.23. The first-order valence-electron chi connectivity index (χ1n) is 4.98. The van der Waals surface area contributed by atoms with Crippen molar-refractivity contribution < 1.29 is 32.2 Å². The normalized spacial score (nSPS) is 29.5. The van der Waals surface area contributed by atoms with Crippen molar-refractivity contribution in [3.05, 3.63) is 12.2 Å². The summed E-state index contributed by atoms with van der Waals surface area (Å²) in [4.78, 5) is 10.8. The topological polar surface area (TPSA) is 44.8 Å². The maximum atomic E-state index is 11.8. The SMILES string of the molecule is CC1OC(=O)OC1(C)OC/C=C\CC(F)(F)F. The Morgan fingerprint density at radius 3 is 2.59 bits per heavy atom. The van der Waals surface area contributed by atoms with Gasteiger partial charge in [0.15, 0.2) is 6.10 Å². The molecule has 0 saturated carbocycles. The number of ether oxygens (including phenoxy) is 3. The average molecular weight is 254 g/mol. The average Bonchev–Trinajstić information content (AvgIpc) is 2.38. The number of carbonyl (C=O) groups excluding carboxylic acids is 1. The van der Waals surface area contributed by atoms with Crippen LogP contribution in [0.3, 0.4) is 0 Å². The van der Waals surface area contributed by atoms with E-state index in [1.165, 1.54) is 13.0 Å². The van der Waals surface area contributed by atoms with Gasteiger partial charge in [0.1, 0.15) is 0 Å². The number of hydrogen-bond donors (Lipinski definition) is 0. The van der Waals surface area contributed by atoms with Gasteiger partial charge in [-0.1, -0.05) is 12.2 Å². The minimum Gasteiger partial charge on any atom is -0.424 e. The molecule has 2 unspecified atom stereocenters. The quantitative estimate of drug-likeness (QED) is 0.571. The third-order valence-electron chi connectivity index (χ3n) is 2.28. The van der Waals surface area contributed by atoms with Crippen molar-refractivity contribution in [3.63, 3.8) is 0 Å². The molecule has 0 spiro atoms. The summed E-state index contributed by atoms with van der Waals surface area (Å²) in [6, 6.07) is 0. The molecule has 0 amide bonds. The van der Waals surface area contributed by atoms with E-state index in [9.17, 15) is 18.0 Å². The zero-order chi connectivity index (χ0) is 13.1. The molecule has 0 aromatic carbocycles. The molecule has 0 bridgehead atoms. The molecule has 98 valence electrons. The van der Waals surface area contributed by atoms with Gasteiger partial charge in [-0.3, -0.25) is 0 Å². The number of allylic oxidation sites excluding steroid dienone is 1. The summed E-state index contributed by atoms with van der Waals surface area (Å²) >= 11 is 0. The molecule has 2 atom stereocenters. The van der Waals surface area contributed by atoms with Crippen LogP contribution in [0, 0.1) is 0 Å². The van der Waals surface area contributed by atoms with Crippen molar-refractivity contribution in [3.8, 4) is 0 Å². The van der Waals surface area contributed by atoms with Crippen LogP contribution in [0.5, 0.6) is 0 Å². The van der Waals surface area contributed by atoms with Crippen LogP contribution in [0.15, 0.2) is 12.2 Å². The van der Waals surface area contributed by atoms with E-state index in [1.807, 2.05) is 0 Å². The molecule has 0 aromatic rings. The lowest BCUT2D eigenvalue weighted by atomic mass is 10.2. The van der Waals surface area contributed by atoms with E-state index < -0.39 is 30.6 Å². The zero-order valence-corrected chi connectivity index (χ0v) is 9.41. The molecular weight excluding hydrogens is 241 g/mol. The Kier molecular flexibility index (Phi) is 4.03. The van der Waals surface area contributed by atoms with E-state index in [1.54, 1.807) is 6.92 Å². The lowest BCUT2D eigenvalue weighted by Crippen LogP contribution is -2.37. The highest BCUT2D eigenvalue weighted by atomic mass is 19.4. The number of hydrogen-bond acceptors (Lipinski definition) is 4. The molecule has 1 heterocycles. The first kappa shape index (κ1) is 13.8. The molecular formula is C10H13F3O4. The van der Waals surface area contributed by atoms with E-state index in [2.05, 4.69) is 0 Å². The number of carbonyl (C=O) groups is 1. The number of rotatable bonds is 4. The second kappa shape index (κ2) is 4.95. The summed E-state index contributed by atoms with van der Waals surface area (Å²) in [5.74, 6) is -1.25. The molecule has 0 aliphatic carbocycles. The Labute approximate surface area is 96.3 Å².